The Bertz CT molecular complexity index is 730. The van der Waals surface area contributed by atoms with Gasteiger partial charge in [-0.15, -0.1) is 10.3 Å². The number of nitrogens with one attached hydrogen (secondary N) is 1. The second-order valence-corrected chi connectivity index (χ2v) is 6.95. The lowest BCUT2D eigenvalue weighted by Crippen LogP contribution is -2.43. The average Bonchev–Trinajstić information content (AvgIpc) is 2.43. The number of hydrogen-bond acceptors (Lipinski definition) is 4. The molecule has 1 aromatic rings. The lowest BCUT2D eigenvalue weighted by molar-refractivity contribution is 0.232. The van der Waals surface area contributed by atoms with Gasteiger partial charge in [0.25, 0.3) is 0 Å². The van der Waals surface area contributed by atoms with Gasteiger partial charge in [0.1, 0.15) is 4.90 Å². The Hall–Kier alpha value is -1.42. The summed E-state index contributed by atoms with van der Waals surface area (Å²) in [5, 5.41) is 3.27. The number of benzene rings is 1. The third kappa shape index (κ3) is 3.17. The van der Waals surface area contributed by atoms with E-state index in [-0.39, 0.29) is 4.90 Å². The van der Waals surface area contributed by atoms with Crippen LogP contribution in [-0.2, 0) is 16.8 Å². The third-order valence-electron chi connectivity index (χ3n) is 4.32. The Balaban J connectivity index is 2.60. The van der Waals surface area contributed by atoms with E-state index >= 15 is 0 Å². The van der Waals surface area contributed by atoms with Gasteiger partial charge in [0.05, 0.1) is 0 Å². The quantitative estimate of drug-likeness (QED) is 0.679. The fourth-order valence-electron chi connectivity index (χ4n) is 3.16. The molecule has 1 N–H and O–H groups in total. The normalized spacial score (nSPS) is 16.5. The molecule has 0 unspecified atom stereocenters. The van der Waals surface area contributed by atoms with Crippen molar-refractivity contribution >= 4 is 10.2 Å². The summed E-state index contributed by atoms with van der Waals surface area (Å²) in [5.41, 5.74) is 2.95. The van der Waals surface area contributed by atoms with Crippen LogP contribution in [0, 0.1) is 33.1 Å². The van der Waals surface area contributed by atoms with Crippen molar-refractivity contribution in [1.82, 2.24) is 10.2 Å². The van der Waals surface area contributed by atoms with E-state index in [4.69, 9.17) is 6.42 Å². The molecule has 0 aliphatic carbocycles. The van der Waals surface area contributed by atoms with Crippen molar-refractivity contribution in [2.24, 2.45) is 0 Å². The van der Waals surface area contributed by atoms with E-state index in [1.54, 1.807) is 13.8 Å². The number of terminal acetylenes is 1. The third-order valence-corrected chi connectivity index (χ3v) is 5.42. The molecule has 1 aliphatic heterocycles. The summed E-state index contributed by atoms with van der Waals surface area (Å²) in [6.45, 7) is 9.20. The van der Waals surface area contributed by atoms with Gasteiger partial charge < -0.3 is 5.32 Å². The zero-order valence-corrected chi connectivity index (χ0v) is 14.0. The zero-order valence-electron chi connectivity index (χ0n) is 13.2. The first kappa shape index (κ1) is 16.9. The molecule has 1 fully saturated rings. The topological polar surface area (TPSA) is 49.4 Å². The molecular formula is C16H21FN2O2S. The first-order valence-corrected chi connectivity index (χ1v) is 8.62. The molecule has 1 aromatic carbocycles. The zero-order chi connectivity index (χ0) is 16.5. The van der Waals surface area contributed by atoms with Crippen LogP contribution in [0.4, 0.5) is 3.89 Å². The highest BCUT2D eigenvalue weighted by molar-refractivity contribution is 7.86. The van der Waals surface area contributed by atoms with Gasteiger partial charge in [-0.3, -0.25) is 4.90 Å². The maximum absolute atomic E-state index is 13.7. The minimum absolute atomic E-state index is 0.267. The summed E-state index contributed by atoms with van der Waals surface area (Å²) in [6.07, 6.45) is 5.52. The van der Waals surface area contributed by atoms with Gasteiger partial charge in [-0.25, -0.2) is 0 Å². The first-order chi connectivity index (χ1) is 10.3. The molecule has 1 heterocycles. The summed E-state index contributed by atoms with van der Waals surface area (Å²) >= 11 is 0. The second-order valence-electron chi connectivity index (χ2n) is 5.67. The lowest BCUT2D eigenvalue weighted by atomic mass is 9.93. The van der Waals surface area contributed by atoms with Gasteiger partial charge in [0.15, 0.2) is 0 Å². The van der Waals surface area contributed by atoms with Gasteiger partial charge in [-0.05, 0) is 43.0 Å². The number of nitrogens with zero attached hydrogens (tertiary/aromatic N) is 1. The molecule has 1 aliphatic rings. The van der Waals surface area contributed by atoms with E-state index < -0.39 is 10.2 Å². The Morgan fingerprint density at radius 3 is 2.27 bits per heavy atom. The Morgan fingerprint density at radius 2 is 1.77 bits per heavy atom. The van der Waals surface area contributed by atoms with Crippen LogP contribution < -0.4 is 5.32 Å². The highest BCUT2D eigenvalue weighted by Crippen LogP contribution is 2.32. The molecule has 120 valence electrons. The van der Waals surface area contributed by atoms with Crippen LogP contribution in [0.3, 0.4) is 0 Å². The molecule has 2 rings (SSSR count). The molecule has 0 saturated carbocycles. The van der Waals surface area contributed by atoms with Crippen molar-refractivity contribution in [2.45, 2.75) is 32.2 Å². The van der Waals surface area contributed by atoms with E-state index in [0.717, 1.165) is 37.3 Å². The van der Waals surface area contributed by atoms with Crippen LogP contribution >= 0.6 is 0 Å². The Kier molecular flexibility index (Phi) is 4.90. The van der Waals surface area contributed by atoms with Crippen LogP contribution in [0.5, 0.6) is 0 Å². The summed E-state index contributed by atoms with van der Waals surface area (Å²) in [6, 6.07) is 0. The number of piperazine rings is 1. The molecule has 0 radical (unpaired) electrons. The van der Waals surface area contributed by atoms with Gasteiger partial charge in [0.2, 0.25) is 0 Å². The van der Waals surface area contributed by atoms with Crippen molar-refractivity contribution in [1.29, 1.82) is 0 Å². The van der Waals surface area contributed by atoms with E-state index in [1.807, 2.05) is 6.92 Å². The van der Waals surface area contributed by atoms with Gasteiger partial charge in [0, 0.05) is 38.3 Å². The van der Waals surface area contributed by atoms with E-state index in [2.05, 4.69) is 16.1 Å². The highest BCUT2D eigenvalue weighted by Gasteiger charge is 2.26. The standard InChI is InChI=1S/C16H21FN2O2S/c1-5-14-11(2)15(10-19-8-6-18-7-9-19)13(4)16(12(14)3)22(17,20)21/h1,18H,6-10H2,2-4H3. The van der Waals surface area contributed by atoms with Crippen LogP contribution in [-0.4, -0.2) is 39.5 Å². The number of halogens is 1. The van der Waals surface area contributed by atoms with Crippen molar-refractivity contribution in [2.75, 3.05) is 26.2 Å². The molecule has 0 bridgehead atoms. The van der Waals surface area contributed by atoms with Gasteiger partial charge in [-0.1, -0.05) is 5.92 Å². The van der Waals surface area contributed by atoms with Gasteiger partial charge in [-0.2, -0.15) is 8.42 Å². The molecule has 0 aromatic heterocycles. The predicted octanol–water partition coefficient (Wildman–Crippen LogP) is 1.66. The fourth-order valence-corrected chi connectivity index (χ4v) is 4.11. The van der Waals surface area contributed by atoms with Crippen LogP contribution in [0.15, 0.2) is 4.90 Å². The molecule has 4 nitrogen and oxygen atoms in total. The van der Waals surface area contributed by atoms with E-state index in [0.29, 0.717) is 23.2 Å². The molecule has 0 spiro atoms. The maximum Gasteiger partial charge on any atom is 0.332 e. The minimum Gasteiger partial charge on any atom is -0.314 e. The molecule has 22 heavy (non-hydrogen) atoms. The number of hydrogen-bond donors (Lipinski definition) is 1. The van der Waals surface area contributed by atoms with Crippen molar-refractivity contribution < 1.29 is 12.3 Å². The van der Waals surface area contributed by atoms with Crippen LogP contribution in [0.25, 0.3) is 0 Å². The summed E-state index contributed by atoms with van der Waals surface area (Å²) in [5.74, 6) is 2.52. The van der Waals surface area contributed by atoms with E-state index in [1.165, 1.54) is 0 Å². The predicted molar refractivity (Wildman–Crippen MR) is 85.0 cm³/mol. The molecule has 6 heteroatoms. The molecular weight excluding hydrogens is 303 g/mol. The monoisotopic (exact) mass is 324 g/mol. The number of rotatable bonds is 3. The second kappa shape index (κ2) is 6.37. The Morgan fingerprint density at radius 1 is 1.18 bits per heavy atom. The van der Waals surface area contributed by atoms with E-state index in [9.17, 15) is 12.3 Å². The summed E-state index contributed by atoms with van der Waals surface area (Å²) in [7, 11) is -4.80. The molecule has 1 saturated heterocycles. The Labute approximate surface area is 131 Å². The van der Waals surface area contributed by atoms with Crippen LogP contribution in [0.1, 0.15) is 27.8 Å². The fraction of sp³-hybridized carbons (Fsp3) is 0.500. The first-order valence-electron chi connectivity index (χ1n) is 7.24. The molecule has 0 amide bonds. The van der Waals surface area contributed by atoms with Crippen molar-refractivity contribution in [3.63, 3.8) is 0 Å². The van der Waals surface area contributed by atoms with Crippen molar-refractivity contribution in [3.05, 3.63) is 27.8 Å². The van der Waals surface area contributed by atoms with Gasteiger partial charge >= 0.3 is 10.2 Å². The molecule has 0 atom stereocenters. The SMILES string of the molecule is C#Cc1c(C)c(CN2CCNCC2)c(C)c(S(=O)(=O)F)c1C. The average molecular weight is 324 g/mol. The lowest BCUT2D eigenvalue weighted by Gasteiger charge is -2.29. The highest BCUT2D eigenvalue weighted by atomic mass is 32.3. The summed E-state index contributed by atoms with van der Waals surface area (Å²) in [4.78, 5) is 1.95. The van der Waals surface area contributed by atoms with Crippen LogP contribution in [0.2, 0.25) is 0 Å². The largest absolute Gasteiger partial charge is 0.332 e. The summed E-state index contributed by atoms with van der Waals surface area (Å²) < 4.78 is 36.8. The maximum atomic E-state index is 13.7. The smallest absolute Gasteiger partial charge is 0.314 e. The van der Waals surface area contributed by atoms with Crippen molar-refractivity contribution in [3.8, 4) is 12.3 Å². The minimum atomic E-state index is -4.80.